The van der Waals surface area contributed by atoms with Crippen LogP contribution in [0.4, 0.5) is 13.2 Å². The molecule has 0 radical (unpaired) electrons. The average Bonchev–Trinajstić information content (AvgIpc) is 2.27. The van der Waals surface area contributed by atoms with Gasteiger partial charge in [-0.1, -0.05) is 0 Å². The summed E-state index contributed by atoms with van der Waals surface area (Å²) in [6, 6.07) is 2.75. The summed E-state index contributed by atoms with van der Waals surface area (Å²) in [6.07, 6.45) is -4.94. The second-order valence-corrected chi connectivity index (χ2v) is 4.10. The van der Waals surface area contributed by atoms with Gasteiger partial charge in [-0.15, -0.1) is 0 Å². The van der Waals surface area contributed by atoms with Crippen molar-refractivity contribution in [2.75, 3.05) is 6.61 Å². The molecule has 1 aromatic rings. The zero-order valence-corrected chi connectivity index (χ0v) is 10.9. The Bertz CT molecular complexity index is 453. The maximum atomic E-state index is 12.6. The van der Waals surface area contributed by atoms with Crippen LogP contribution < -0.4 is 4.74 Å². The molecule has 0 N–H and O–H groups in total. The second-order valence-electron chi connectivity index (χ2n) is 4.10. The van der Waals surface area contributed by atoms with E-state index >= 15 is 0 Å². The third kappa shape index (κ3) is 4.15. The lowest BCUT2D eigenvalue weighted by Crippen LogP contribution is -2.15. The lowest BCUT2D eigenvalue weighted by Gasteiger charge is -2.14. The van der Waals surface area contributed by atoms with Crippen molar-refractivity contribution in [3.05, 3.63) is 29.3 Å². The first-order valence-electron chi connectivity index (χ1n) is 5.80. The topological polar surface area (TPSA) is 35.5 Å². The van der Waals surface area contributed by atoms with Crippen molar-refractivity contribution < 1.29 is 27.4 Å². The van der Waals surface area contributed by atoms with E-state index in [2.05, 4.69) is 0 Å². The molecule has 0 atom stereocenters. The van der Waals surface area contributed by atoms with E-state index in [0.29, 0.717) is 0 Å². The highest BCUT2D eigenvalue weighted by Crippen LogP contribution is 2.33. The summed E-state index contributed by atoms with van der Waals surface area (Å²) in [6.45, 7) is 5.15. The number of ether oxygens (including phenoxy) is 2. The average molecular weight is 276 g/mol. The smallest absolute Gasteiger partial charge is 0.416 e. The molecule has 0 spiro atoms. The third-order valence-electron chi connectivity index (χ3n) is 2.17. The van der Waals surface area contributed by atoms with Gasteiger partial charge in [-0.3, -0.25) is 0 Å². The van der Waals surface area contributed by atoms with Crippen LogP contribution >= 0.6 is 0 Å². The van der Waals surface area contributed by atoms with Gasteiger partial charge in [0.25, 0.3) is 0 Å². The number of carbonyl (C=O) groups is 1. The molecular formula is C13H15F3O3. The fourth-order valence-electron chi connectivity index (χ4n) is 1.42. The van der Waals surface area contributed by atoms with Gasteiger partial charge < -0.3 is 9.47 Å². The molecule has 0 amide bonds. The highest BCUT2D eigenvalue weighted by atomic mass is 19.4. The minimum atomic E-state index is -4.52. The quantitative estimate of drug-likeness (QED) is 0.787. The maximum Gasteiger partial charge on any atom is 0.416 e. The van der Waals surface area contributed by atoms with E-state index in [1.165, 1.54) is 0 Å². The molecule has 0 aliphatic heterocycles. The Kier molecular flexibility index (Phi) is 4.80. The molecule has 0 aromatic heterocycles. The van der Waals surface area contributed by atoms with Crippen LogP contribution in [-0.2, 0) is 10.9 Å². The summed E-state index contributed by atoms with van der Waals surface area (Å²) in [5.74, 6) is -0.745. The molecule has 1 aromatic carbocycles. The van der Waals surface area contributed by atoms with Gasteiger partial charge in [-0.25, -0.2) is 4.79 Å². The summed E-state index contributed by atoms with van der Waals surface area (Å²) in [4.78, 5) is 11.8. The van der Waals surface area contributed by atoms with Crippen molar-refractivity contribution in [1.29, 1.82) is 0 Å². The molecule has 0 aliphatic carbocycles. The van der Waals surface area contributed by atoms with Crippen molar-refractivity contribution in [3.8, 4) is 5.75 Å². The predicted octanol–water partition coefficient (Wildman–Crippen LogP) is 3.67. The number of esters is 1. The molecule has 0 saturated carbocycles. The molecule has 3 nitrogen and oxygen atoms in total. The Hall–Kier alpha value is -1.72. The van der Waals surface area contributed by atoms with Crippen LogP contribution in [-0.4, -0.2) is 18.7 Å². The zero-order chi connectivity index (χ0) is 14.6. The predicted molar refractivity (Wildman–Crippen MR) is 63.2 cm³/mol. The SMILES string of the molecule is CCOc1ccc(C(F)(F)F)cc1C(=O)OC(C)C. The fourth-order valence-corrected chi connectivity index (χ4v) is 1.42. The van der Waals surface area contributed by atoms with Crippen molar-refractivity contribution >= 4 is 5.97 Å². The van der Waals surface area contributed by atoms with Crippen molar-refractivity contribution in [3.63, 3.8) is 0 Å². The van der Waals surface area contributed by atoms with Crippen LogP contribution in [0.2, 0.25) is 0 Å². The molecule has 106 valence electrons. The first-order chi connectivity index (χ1) is 8.75. The Labute approximate surface area is 109 Å². The first-order valence-corrected chi connectivity index (χ1v) is 5.80. The van der Waals surface area contributed by atoms with Crippen molar-refractivity contribution in [2.24, 2.45) is 0 Å². The number of alkyl halides is 3. The lowest BCUT2D eigenvalue weighted by molar-refractivity contribution is -0.137. The maximum absolute atomic E-state index is 12.6. The van der Waals surface area contributed by atoms with Crippen LogP contribution in [0.5, 0.6) is 5.75 Å². The van der Waals surface area contributed by atoms with E-state index in [9.17, 15) is 18.0 Å². The zero-order valence-electron chi connectivity index (χ0n) is 10.9. The van der Waals surface area contributed by atoms with E-state index < -0.39 is 23.8 Å². The largest absolute Gasteiger partial charge is 0.493 e. The van der Waals surface area contributed by atoms with Gasteiger partial charge in [0.2, 0.25) is 0 Å². The molecule has 0 bridgehead atoms. The Balaban J connectivity index is 3.19. The molecule has 6 heteroatoms. The van der Waals surface area contributed by atoms with Crippen LogP contribution in [0.25, 0.3) is 0 Å². The number of carbonyl (C=O) groups excluding carboxylic acids is 1. The fraction of sp³-hybridized carbons (Fsp3) is 0.462. The lowest BCUT2D eigenvalue weighted by atomic mass is 10.1. The van der Waals surface area contributed by atoms with Gasteiger partial charge in [0.05, 0.1) is 18.3 Å². The summed E-state index contributed by atoms with van der Waals surface area (Å²) in [5.41, 5.74) is -1.13. The summed E-state index contributed by atoms with van der Waals surface area (Å²) < 4.78 is 47.9. The molecule has 19 heavy (non-hydrogen) atoms. The van der Waals surface area contributed by atoms with Crippen LogP contribution in [0, 0.1) is 0 Å². The van der Waals surface area contributed by atoms with Crippen LogP contribution in [0.15, 0.2) is 18.2 Å². The number of hydrogen-bond acceptors (Lipinski definition) is 3. The minimum absolute atomic E-state index is 0.0844. The molecular weight excluding hydrogens is 261 g/mol. The number of rotatable bonds is 4. The highest BCUT2D eigenvalue weighted by molar-refractivity contribution is 5.92. The highest BCUT2D eigenvalue weighted by Gasteiger charge is 2.32. The van der Waals surface area contributed by atoms with Crippen molar-refractivity contribution in [2.45, 2.75) is 33.1 Å². The summed E-state index contributed by atoms with van der Waals surface area (Å²) in [7, 11) is 0. The molecule has 0 unspecified atom stereocenters. The number of benzene rings is 1. The molecule has 0 saturated heterocycles. The van der Waals surface area contributed by atoms with Crippen molar-refractivity contribution in [1.82, 2.24) is 0 Å². The number of halogens is 3. The Morgan fingerprint density at radius 1 is 1.32 bits per heavy atom. The van der Waals surface area contributed by atoms with Gasteiger partial charge in [0, 0.05) is 0 Å². The van der Waals surface area contributed by atoms with E-state index in [4.69, 9.17) is 9.47 Å². The minimum Gasteiger partial charge on any atom is -0.493 e. The molecule has 1 rings (SSSR count). The standard InChI is InChI=1S/C13H15F3O3/c1-4-18-11-6-5-9(13(14,15)16)7-10(11)12(17)19-8(2)3/h5-8H,4H2,1-3H3. The van der Waals surface area contributed by atoms with E-state index in [0.717, 1.165) is 18.2 Å². The van der Waals surface area contributed by atoms with E-state index in [1.807, 2.05) is 0 Å². The van der Waals surface area contributed by atoms with E-state index in [-0.39, 0.29) is 17.9 Å². The Morgan fingerprint density at radius 3 is 2.42 bits per heavy atom. The van der Waals surface area contributed by atoms with E-state index in [1.54, 1.807) is 20.8 Å². The van der Waals surface area contributed by atoms with Crippen LogP contribution in [0.3, 0.4) is 0 Å². The third-order valence-corrected chi connectivity index (χ3v) is 2.17. The second kappa shape index (κ2) is 5.95. The van der Waals surface area contributed by atoms with Gasteiger partial charge in [0.15, 0.2) is 0 Å². The normalized spacial score (nSPS) is 11.5. The van der Waals surface area contributed by atoms with Gasteiger partial charge in [-0.2, -0.15) is 13.2 Å². The van der Waals surface area contributed by atoms with Gasteiger partial charge >= 0.3 is 12.1 Å². The molecule has 0 fully saturated rings. The van der Waals surface area contributed by atoms with Gasteiger partial charge in [-0.05, 0) is 39.0 Å². The first kappa shape index (κ1) is 15.3. The number of hydrogen-bond donors (Lipinski definition) is 0. The summed E-state index contributed by atoms with van der Waals surface area (Å²) >= 11 is 0. The molecule has 0 aliphatic rings. The summed E-state index contributed by atoms with van der Waals surface area (Å²) in [5, 5.41) is 0. The van der Waals surface area contributed by atoms with Gasteiger partial charge in [0.1, 0.15) is 11.3 Å². The monoisotopic (exact) mass is 276 g/mol. The van der Waals surface area contributed by atoms with Crippen LogP contribution in [0.1, 0.15) is 36.7 Å². The Morgan fingerprint density at radius 2 is 1.95 bits per heavy atom. The molecule has 0 heterocycles.